The Morgan fingerprint density at radius 3 is 2.89 bits per heavy atom. The standard InChI is InChI=1S/C16H24N2S/c1-3-17-13(2)8-6-7-11-19-16-12-14-9-4-5-10-15(14)18-16/h4-5,9-10,12-13,17-18H,3,6-8,11H2,1-2H3. The maximum absolute atomic E-state index is 3.47. The van der Waals surface area contributed by atoms with Gasteiger partial charge in [0.2, 0.25) is 0 Å². The number of fused-ring (bicyclic) bond motifs is 1. The van der Waals surface area contributed by atoms with E-state index in [9.17, 15) is 0 Å². The molecule has 0 radical (unpaired) electrons. The zero-order valence-electron chi connectivity index (χ0n) is 11.9. The van der Waals surface area contributed by atoms with E-state index in [4.69, 9.17) is 0 Å². The average molecular weight is 276 g/mol. The fourth-order valence-electron chi connectivity index (χ4n) is 2.31. The lowest BCUT2D eigenvalue weighted by Crippen LogP contribution is -2.25. The van der Waals surface area contributed by atoms with Gasteiger partial charge in [-0.3, -0.25) is 0 Å². The minimum absolute atomic E-state index is 0.656. The second-order valence-electron chi connectivity index (χ2n) is 5.02. The van der Waals surface area contributed by atoms with Gasteiger partial charge in [0.25, 0.3) is 0 Å². The van der Waals surface area contributed by atoms with Crippen LogP contribution >= 0.6 is 11.8 Å². The van der Waals surface area contributed by atoms with Crippen LogP contribution in [0.3, 0.4) is 0 Å². The van der Waals surface area contributed by atoms with Crippen LogP contribution in [0.15, 0.2) is 35.4 Å². The van der Waals surface area contributed by atoms with Gasteiger partial charge in [-0.05, 0) is 44.2 Å². The predicted octanol–water partition coefficient (Wildman–Crippen LogP) is 4.43. The van der Waals surface area contributed by atoms with Gasteiger partial charge in [0, 0.05) is 16.9 Å². The fourth-order valence-corrected chi connectivity index (χ4v) is 3.27. The molecular formula is C16H24N2S. The summed E-state index contributed by atoms with van der Waals surface area (Å²) in [5.74, 6) is 1.20. The van der Waals surface area contributed by atoms with E-state index in [1.54, 1.807) is 0 Å². The molecule has 2 aromatic rings. The molecule has 0 saturated carbocycles. The van der Waals surface area contributed by atoms with Crippen LogP contribution in [0.2, 0.25) is 0 Å². The second-order valence-corrected chi connectivity index (χ2v) is 6.16. The Morgan fingerprint density at radius 1 is 1.26 bits per heavy atom. The Balaban J connectivity index is 1.68. The number of hydrogen-bond donors (Lipinski definition) is 2. The summed E-state index contributed by atoms with van der Waals surface area (Å²) < 4.78 is 0. The van der Waals surface area contributed by atoms with Crippen LogP contribution in [0.25, 0.3) is 10.9 Å². The van der Waals surface area contributed by atoms with Crippen molar-refractivity contribution in [1.82, 2.24) is 10.3 Å². The first-order valence-electron chi connectivity index (χ1n) is 7.23. The highest BCUT2D eigenvalue weighted by Gasteiger charge is 2.02. The molecule has 2 nitrogen and oxygen atoms in total. The molecule has 19 heavy (non-hydrogen) atoms. The smallest absolute Gasteiger partial charge is 0.0732 e. The first kappa shape index (κ1) is 14.5. The van der Waals surface area contributed by atoms with Gasteiger partial charge in [-0.15, -0.1) is 11.8 Å². The van der Waals surface area contributed by atoms with Crippen LogP contribution in [-0.4, -0.2) is 23.3 Å². The number of hydrogen-bond acceptors (Lipinski definition) is 2. The van der Waals surface area contributed by atoms with Crippen LogP contribution in [-0.2, 0) is 0 Å². The van der Waals surface area contributed by atoms with Gasteiger partial charge in [-0.25, -0.2) is 0 Å². The number of aromatic amines is 1. The van der Waals surface area contributed by atoms with Crippen molar-refractivity contribution in [3.05, 3.63) is 30.3 Å². The molecule has 1 aromatic heterocycles. The molecule has 0 aliphatic carbocycles. The molecule has 1 atom stereocenters. The zero-order chi connectivity index (χ0) is 13.5. The molecule has 0 aliphatic heterocycles. The molecule has 0 spiro atoms. The van der Waals surface area contributed by atoms with E-state index < -0.39 is 0 Å². The third kappa shape index (κ3) is 4.59. The Bertz CT molecular complexity index is 459. The third-order valence-corrected chi connectivity index (χ3v) is 4.37. The van der Waals surface area contributed by atoms with E-state index in [0.717, 1.165) is 6.54 Å². The number of rotatable bonds is 8. The maximum atomic E-state index is 3.47. The van der Waals surface area contributed by atoms with E-state index in [-0.39, 0.29) is 0 Å². The highest BCUT2D eigenvalue weighted by molar-refractivity contribution is 7.99. The van der Waals surface area contributed by atoms with Gasteiger partial charge in [0.05, 0.1) is 5.03 Å². The molecule has 0 fully saturated rings. The van der Waals surface area contributed by atoms with Crippen LogP contribution in [0.4, 0.5) is 0 Å². The minimum atomic E-state index is 0.656. The van der Waals surface area contributed by atoms with Crippen molar-refractivity contribution in [2.24, 2.45) is 0 Å². The first-order valence-corrected chi connectivity index (χ1v) is 8.22. The fraction of sp³-hybridized carbons (Fsp3) is 0.500. The van der Waals surface area contributed by atoms with E-state index in [1.807, 2.05) is 11.8 Å². The molecule has 104 valence electrons. The summed E-state index contributed by atoms with van der Waals surface area (Å²) in [4.78, 5) is 3.47. The summed E-state index contributed by atoms with van der Waals surface area (Å²) in [6.45, 7) is 5.52. The molecule has 0 bridgehead atoms. The van der Waals surface area contributed by atoms with Crippen LogP contribution in [0.5, 0.6) is 0 Å². The zero-order valence-corrected chi connectivity index (χ0v) is 12.7. The normalized spacial score (nSPS) is 12.9. The quantitative estimate of drug-likeness (QED) is 0.551. The number of thioether (sulfide) groups is 1. The van der Waals surface area contributed by atoms with Crippen molar-refractivity contribution < 1.29 is 0 Å². The predicted molar refractivity (Wildman–Crippen MR) is 86.0 cm³/mol. The van der Waals surface area contributed by atoms with Gasteiger partial charge >= 0.3 is 0 Å². The Morgan fingerprint density at radius 2 is 2.11 bits per heavy atom. The summed E-state index contributed by atoms with van der Waals surface area (Å²) in [5, 5.41) is 6.06. The topological polar surface area (TPSA) is 27.8 Å². The van der Waals surface area contributed by atoms with Crippen LogP contribution in [0.1, 0.15) is 33.1 Å². The van der Waals surface area contributed by atoms with Gasteiger partial charge in [0.15, 0.2) is 0 Å². The Kier molecular flexibility index (Phi) is 5.80. The SMILES string of the molecule is CCNC(C)CCCCSc1cc2ccccc2[nH]1. The van der Waals surface area contributed by atoms with E-state index in [1.165, 1.54) is 40.9 Å². The monoisotopic (exact) mass is 276 g/mol. The van der Waals surface area contributed by atoms with Crippen molar-refractivity contribution in [2.75, 3.05) is 12.3 Å². The molecule has 1 aromatic carbocycles. The Labute approximate surface area is 120 Å². The molecule has 2 rings (SSSR count). The number of nitrogens with one attached hydrogen (secondary N) is 2. The van der Waals surface area contributed by atoms with Gasteiger partial charge in [-0.1, -0.05) is 31.5 Å². The van der Waals surface area contributed by atoms with Crippen LogP contribution in [0, 0.1) is 0 Å². The number of para-hydroxylation sites is 1. The van der Waals surface area contributed by atoms with Gasteiger partial charge in [0.1, 0.15) is 0 Å². The minimum Gasteiger partial charge on any atom is -0.350 e. The maximum Gasteiger partial charge on any atom is 0.0732 e. The number of unbranched alkanes of at least 4 members (excludes halogenated alkanes) is 1. The highest BCUT2D eigenvalue weighted by Crippen LogP contribution is 2.24. The lowest BCUT2D eigenvalue weighted by molar-refractivity contribution is 0.510. The number of H-pyrrole nitrogens is 1. The third-order valence-electron chi connectivity index (χ3n) is 3.35. The summed E-state index contributed by atoms with van der Waals surface area (Å²) in [7, 11) is 0. The van der Waals surface area contributed by atoms with Crippen molar-refractivity contribution in [2.45, 2.75) is 44.2 Å². The Hall–Kier alpha value is -0.930. The average Bonchev–Trinajstić information content (AvgIpc) is 2.81. The molecule has 1 heterocycles. The van der Waals surface area contributed by atoms with Crippen molar-refractivity contribution >= 4 is 22.7 Å². The summed E-state index contributed by atoms with van der Waals surface area (Å²) in [6, 6.07) is 11.4. The number of benzene rings is 1. The van der Waals surface area contributed by atoms with Crippen molar-refractivity contribution in [3.63, 3.8) is 0 Å². The van der Waals surface area contributed by atoms with Gasteiger partial charge in [-0.2, -0.15) is 0 Å². The second kappa shape index (κ2) is 7.61. The van der Waals surface area contributed by atoms with E-state index >= 15 is 0 Å². The molecule has 2 N–H and O–H groups in total. The molecule has 0 aliphatic rings. The molecule has 0 amide bonds. The van der Waals surface area contributed by atoms with Crippen molar-refractivity contribution in [3.8, 4) is 0 Å². The summed E-state index contributed by atoms with van der Waals surface area (Å²) in [5.41, 5.74) is 1.24. The van der Waals surface area contributed by atoms with Gasteiger partial charge < -0.3 is 10.3 Å². The largest absolute Gasteiger partial charge is 0.350 e. The molecule has 0 saturated heterocycles. The lowest BCUT2D eigenvalue weighted by atomic mass is 10.1. The van der Waals surface area contributed by atoms with E-state index in [0.29, 0.717) is 6.04 Å². The molecular weight excluding hydrogens is 252 g/mol. The van der Waals surface area contributed by atoms with E-state index in [2.05, 4.69) is 54.5 Å². The summed E-state index contributed by atoms with van der Waals surface area (Å²) >= 11 is 1.94. The van der Waals surface area contributed by atoms with Crippen LogP contribution < -0.4 is 5.32 Å². The first-order chi connectivity index (χ1) is 9.29. The number of aromatic nitrogens is 1. The molecule has 3 heteroatoms. The summed E-state index contributed by atoms with van der Waals surface area (Å²) in [6.07, 6.45) is 3.87. The van der Waals surface area contributed by atoms with Crippen molar-refractivity contribution in [1.29, 1.82) is 0 Å². The highest BCUT2D eigenvalue weighted by atomic mass is 32.2. The lowest BCUT2D eigenvalue weighted by Gasteiger charge is -2.11. The molecule has 1 unspecified atom stereocenters.